The Morgan fingerprint density at radius 1 is 1.12 bits per heavy atom. The summed E-state index contributed by atoms with van der Waals surface area (Å²) in [6.07, 6.45) is 10.1. The molecule has 0 fully saturated rings. The van der Waals surface area contributed by atoms with Gasteiger partial charge in [-0.3, -0.25) is 0 Å². The van der Waals surface area contributed by atoms with Crippen LogP contribution in [0.15, 0.2) is 23.3 Å². The van der Waals surface area contributed by atoms with Gasteiger partial charge in [0.05, 0.1) is 0 Å². The van der Waals surface area contributed by atoms with Crippen molar-refractivity contribution in [1.82, 2.24) is 0 Å². The van der Waals surface area contributed by atoms with Gasteiger partial charge in [0.25, 0.3) is 0 Å². The van der Waals surface area contributed by atoms with Crippen LogP contribution in [0.2, 0.25) is 0 Å². The molecule has 2 aliphatic rings. The van der Waals surface area contributed by atoms with Crippen molar-refractivity contribution in [2.75, 3.05) is 0 Å². The van der Waals surface area contributed by atoms with Gasteiger partial charge < -0.3 is 0 Å². The molecule has 0 unspecified atom stereocenters. The van der Waals surface area contributed by atoms with Crippen molar-refractivity contribution in [2.45, 2.75) is 25.7 Å². The van der Waals surface area contributed by atoms with E-state index >= 15 is 0 Å². The third-order valence-corrected chi connectivity index (χ3v) is 1.86. The van der Waals surface area contributed by atoms with E-state index in [2.05, 4.69) is 12.2 Å². The molecule has 0 aromatic carbocycles. The molecule has 0 aromatic heterocycles. The fourth-order valence-electron chi connectivity index (χ4n) is 1.28. The standard InChI is InChI=1S/C8H10/c1-2-4-7(3-1)8-5-6-8/h3,5H,1-2,4,6H2. The quantitative estimate of drug-likeness (QED) is 0.481. The molecule has 0 heteroatoms. The first-order valence-corrected chi connectivity index (χ1v) is 3.35. The summed E-state index contributed by atoms with van der Waals surface area (Å²) < 4.78 is 0. The first kappa shape index (κ1) is 4.37. The van der Waals surface area contributed by atoms with Crippen LogP contribution in [0.1, 0.15) is 25.7 Å². The van der Waals surface area contributed by atoms with E-state index in [0.29, 0.717) is 0 Å². The van der Waals surface area contributed by atoms with Crippen LogP contribution >= 0.6 is 0 Å². The Bertz CT molecular complexity index is 161. The summed E-state index contributed by atoms with van der Waals surface area (Å²) >= 11 is 0. The summed E-state index contributed by atoms with van der Waals surface area (Å²) in [6, 6.07) is 0. The molecule has 0 amide bonds. The Labute approximate surface area is 49.9 Å². The first-order chi connectivity index (χ1) is 3.97. The maximum absolute atomic E-state index is 2.39. The van der Waals surface area contributed by atoms with Gasteiger partial charge in [0.15, 0.2) is 0 Å². The molecule has 0 aliphatic heterocycles. The minimum Gasteiger partial charge on any atom is -0.0810 e. The Morgan fingerprint density at radius 2 is 2.00 bits per heavy atom. The lowest BCUT2D eigenvalue weighted by atomic mass is 10.2. The zero-order valence-electron chi connectivity index (χ0n) is 4.98. The van der Waals surface area contributed by atoms with Crippen molar-refractivity contribution in [2.24, 2.45) is 0 Å². The molecule has 0 saturated heterocycles. The van der Waals surface area contributed by atoms with E-state index in [1.807, 2.05) is 0 Å². The smallest absolute Gasteiger partial charge is 0.00918 e. The average molecular weight is 106 g/mol. The van der Waals surface area contributed by atoms with E-state index in [4.69, 9.17) is 0 Å². The first-order valence-electron chi connectivity index (χ1n) is 3.35. The van der Waals surface area contributed by atoms with E-state index in [1.54, 1.807) is 11.1 Å². The monoisotopic (exact) mass is 106 g/mol. The van der Waals surface area contributed by atoms with E-state index in [1.165, 1.54) is 25.7 Å². The zero-order valence-corrected chi connectivity index (χ0v) is 4.98. The zero-order chi connectivity index (χ0) is 5.40. The molecule has 0 radical (unpaired) electrons. The molecule has 42 valence electrons. The van der Waals surface area contributed by atoms with Gasteiger partial charge in [-0.25, -0.2) is 0 Å². The molecule has 2 rings (SSSR count). The van der Waals surface area contributed by atoms with Gasteiger partial charge in [-0.05, 0) is 36.8 Å². The third kappa shape index (κ3) is 0.605. The highest BCUT2D eigenvalue weighted by Gasteiger charge is 2.14. The van der Waals surface area contributed by atoms with Crippen LogP contribution in [0.25, 0.3) is 0 Å². The number of allylic oxidation sites excluding steroid dienone is 4. The molecule has 0 bridgehead atoms. The normalized spacial score (nSPS) is 25.0. The van der Waals surface area contributed by atoms with Gasteiger partial charge in [0, 0.05) is 0 Å². The molecule has 0 N–H and O–H groups in total. The molecule has 0 aromatic rings. The minimum absolute atomic E-state index is 1.28. The number of hydrogen-bond acceptors (Lipinski definition) is 0. The minimum atomic E-state index is 1.28. The summed E-state index contributed by atoms with van der Waals surface area (Å²) in [7, 11) is 0. The van der Waals surface area contributed by atoms with Crippen LogP contribution in [-0.4, -0.2) is 0 Å². The lowest BCUT2D eigenvalue weighted by Crippen LogP contribution is -1.68. The van der Waals surface area contributed by atoms with Crippen molar-refractivity contribution in [3.63, 3.8) is 0 Å². The van der Waals surface area contributed by atoms with Crippen molar-refractivity contribution in [3.05, 3.63) is 23.3 Å². The second-order valence-electron chi connectivity index (χ2n) is 2.56. The SMILES string of the molecule is C1=C(C2=CCCC2)C1. The number of rotatable bonds is 1. The maximum atomic E-state index is 2.39. The molecule has 2 aliphatic carbocycles. The molecule has 0 nitrogen and oxygen atoms in total. The summed E-state index contributed by atoms with van der Waals surface area (Å²) in [4.78, 5) is 0. The fourth-order valence-corrected chi connectivity index (χ4v) is 1.28. The topological polar surface area (TPSA) is 0 Å². The van der Waals surface area contributed by atoms with Gasteiger partial charge in [0.1, 0.15) is 0 Å². The van der Waals surface area contributed by atoms with Gasteiger partial charge in [0.2, 0.25) is 0 Å². The predicted octanol–water partition coefficient (Wildman–Crippen LogP) is 2.43. The van der Waals surface area contributed by atoms with Crippen LogP contribution in [0.4, 0.5) is 0 Å². The van der Waals surface area contributed by atoms with Crippen molar-refractivity contribution < 1.29 is 0 Å². The second kappa shape index (κ2) is 1.48. The average Bonchev–Trinajstić information content (AvgIpc) is 2.49. The molecular formula is C8H10. The fraction of sp³-hybridized carbons (Fsp3) is 0.500. The van der Waals surface area contributed by atoms with Crippen LogP contribution in [0.3, 0.4) is 0 Å². The molecular weight excluding hydrogens is 96.1 g/mol. The Kier molecular flexibility index (Phi) is 0.806. The molecule has 0 heterocycles. The van der Waals surface area contributed by atoms with Crippen LogP contribution < -0.4 is 0 Å². The molecule has 0 spiro atoms. The van der Waals surface area contributed by atoms with Gasteiger partial charge in [-0.15, -0.1) is 0 Å². The van der Waals surface area contributed by atoms with E-state index in [-0.39, 0.29) is 0 Å². The molecule has 0 atom stereocenters. The van der Waals surface area contributed by atoms with Crippen molar-refractivity contribution >= 4 is 0 Å². The lowest BCUT2D eigenvalue weighted by molar-refractivity contribution is 0.912. The van der Waals surface area contributed by atoms with Crippen molar-refractivity contribution in [1.29, 1.82) is 0 Å². The highest BCUT2D eigenvalue weighted by atomic mass is 14.2. The summed E-state index contributed by atoms with van der Waals surface area (Å²) in [5.74, 6) is 0. The van der Waals surface area contributed by atoms with Crippen molar-refractivity contribution in [3.8, 4) is 0 Å². The van der Waals surface area contributed by atoms with E-state index < -0.39 is 0 Å². The Morgan fingerprint density at radius 3 is 2.50 bits per heavy atom. The maximum Gasteiger partial charge on any atom is -0.00918 e. The predicted molar refractivity (Wildman–Crippen MR) is 34.6 cm³/mol. The van der Waals surface area contributed by atoms with Gasteiger partial charge in [-0.2, -0.15) is 0 Å². The van der Waals surface area contributed by atoms with E-state index in [0.717, 1.165) is 0 Å². The number of hydrogen-bond donors (Lipinski definition) is 0. The summed E-state index contributed by atoms with van der Waals surface area (Å²) in [5, 5.41) is 0. The molecule has 0 saturated carbocycles. The third-order valence-electron chi connectivity index (χ3n) is 1.86. The molecule has 8 heavy (non-hydrogen) atoms. The second-order valence-corrected chi connectivity index (χ2v) is 2.56. The van der Waals surface area contributed by atoms with Crippen LogP contribution in [0, 0.1) is 0 Å². The van der Waals surface area contributed by atoms with Gasteiger partial charge >= 0.3 is 0 Å². The highest BCUT2D eigenvalue weighted by molar-refractivity contribution is 5.43. The summed E-state index contributed by atoms with van der Waals surface area (Å²) in [5.41, 5.74) is 3.27. The van der Waals surface area contributed by atoms with Gasteiger partial charge in [-0.1, -0.05) is 12.2 Å². The van der Waals surface area contributed by atoms with Crippen LogP contribution in [0.5, 0.6) is 0 Å². The summed E-state index contributed by atoms with van der Waals surface area (Å²) in [6.45, 7) is 0. The van der Waals surface area contributed by atoms with E-state index in [9.17, 15) is 0 Å². The lowest BCUT2D eigenvalue weighted by Gasteiger charge is -1.88. The Hall–Kier alpha value is -0.520. The largest absolute Gasteiger partial charge is 0.0810 e. The van der Waals surface area contributed by atoms with Crippen LogP contribution in [-0.2, 0) is 0 Å². The Balaban J connectivity index is 2.13. The highest BCUT2D eigenvalue weighted by Crippen LogP contribution is 2.34.